The van der Waals surface area contributed by atoms with E-state index in [0.717, 1.165) is 25.5 Å². The second kappa shape index (κ2) is 6.93. The van der Waals surface area contributed by atoms with Gasteiger partial charge < -0.3 is 4.52 Å². The number of unbranched alkanes of at least 4 members (excludes halogenated alkanes) is 2. The second-order valence-electron chi connectivity index (χ2n) is 2.53. The molecule has 1 atom stereocenters. The first-order valence-corrected chi connectivity index (χ1v) is 5.97. The fourth-order valence-electron chi connectivity index (χ4n) is 0.774. The van der Waals surface area contributed by atoms with Crippen molar-refractivity contribution in [3.05, 3.63) is 25.2 Å². The zero-order valence-corrected chi connectivity index (χ0v) is 8.96. The van der Waals surface area contributed by atoms with Gasteiger partial charge in [0.25, 0.3) is 0 Å². The van der Waals surface area contributed by atoms with Crippen LogP contribution in [-0.2, 0) is 13.6 Å². The Labute approximate surface area is 80.0 Å². The lowest BCUT2D eigenvalue weighted by molar-refractivity contribution is 0.252. The van der Waals surface area contributed by atoms with Crippen LogP contribution >= 0.6 is 7.60 Å². The molecule has 0 N–H and O–H groups in total. The van der Waals surface area contributed by atoms with Crippen molar-refractivity contribution in [3.8, 4) is 0 Å². The maximum atomic E-state index is 11.5. The summed E-state index contributed by atoms with van der Waals surface area (Å²) in [6.07, 6.45) is 4.16. The highest BCUT2D eigenvalue weighted by Crippen LogP contribution is 2.49. The van der Waals surface area contributed by atoms with Crippen molar-refractivity contribution < 1.29 is 13.6 Å². The molecule has 0 amide bonds. The topological polar surface area (TPSA) is 35.5 Å². The third kappa shape index (κ3) is 5.67. The molecule has 0 aromatic heterocycles. The van der Waals surface area contributed by atoms with Gasteiger partial charge in [0, 0.05) is 5.82 Å². The summed E-state index contributed by atoms with van der Waals surface area (Å²) >= 11 is 0. The molecular formula is C9H17O3P. The molecule has 3 nitrogen and oxygen atoms in total. The van der Waals surface area contributed by atoms with Crippen LogP contribution in [0.2, 0.25) is 0 Å². The monoisotopic (exact) mass is 204 g/mol. The second-order valence-corrected chi connectivity index (χ2v) is 4.45. The van der Waals surface area contributed by atoms with Gasteiger partial charge in [-0.3, -0.25) is 4.52 Å². The summed E-state index contributed by atoms with van der Waals surface area (Å²) in [4.78, 5) is 0. The Bertz CT molecular complexity index is 201. The summed E-state index contributed by atoms with van der Waals surface area (Å²) in [6, 6.07) is 0. The predicted molar refractivity (Wildman–Crippen MR) is 54.6 cm³/mol. The fraction of sp³-hybridized carbons (Fsp3) is 0.556. The van der Waals surface area contributed by atoms with Crippen LogP contribution in [-0.4, -0.2) is 6.61 Å². The minimum Gasteiger partial charge on any atom is -0.430 e. The molecule has 0 aromatic rings. The Morgan fingerprint density at radius 2 is 2.08 bits per heavy atom. The molecule has 76 valence electrons. The third-order valence-corrected chi connectivity index (χ3v) is 2.90. The summed E-state index contributed by atoms with van der Waals surface area (Å²) in [6.45, 7) is 9.23. The molecule has 0 aliphatic heterocycles. The summed E-state index contributed by atoms with van der Waals surface area (Å²) in [7, 11) is -3.09. The molecule has 0 saturated carbocycles. The average molecular weight is 204 g/mol. The molecule has 0 saturated heterocycles. The molecule has 0 spiro atoms. The van der Waals surface area contributed by atoms with Crippen LogP contribution in [0.1, 0.15) is 26.2 Å². The third-order valence-electron chi connectivity index (χ3n) is 1.46. The SMILES string of the molecule is C=COP(=O)(C=C)OCCCCC. The lowest BCUT2D eigenvalue weighted by atomic mass is 10.3. The number of rotatable bonds is 8. The highest BCUT2D eigenvalue weighted by atomic mass is 31.2. The normalized spacial score (nSPS) is 14.5. The Kier molecular flexibility index (Phi) is 6.65. The highest BCUT2D eigenvalue weighted by Gasteiger charge is 2.18. The van der Waals surface area contributed by atoms with Crippen LogP contribution in [0.5, 0.6) is 0 Å². The summed E-state index contributed by atoms with van der Waals surface area (Å²) in [5.41, 5.74) is 0. The van der Waals surface area contributed by atoms with E-state index >= 15 is 0 Å². The molecule has 0 bridgehead atoms. The zero-order valence-electron chi connectivity index (χ0n) is 8.07. The number of hydrogen-bond acceptors (Lipinski definition) is 3. The maximum absolute atomic E-state index is 11.5. The minimum absolute atomic E-state index is 0.435. The Balaban J connectivity index is 3.77. The Morgan fingerprint density at radius 1 is 1.38 bits per heavy atom. The van der Waals surface area contributed by atoms with E-state index < -0.39 is 7.60 Å². The van der Waals surface area contributed by atoms with Gasteiger partial charge in [0.15, 0.2) is 0 Å². The van der Waals surface area contributed by atoms with Crippen LogP contribution in [0, 0.1) is 0 Å². The van der Waals surface area contributed by atoms with Gasteiger partial charge in [-0.15, -0.1) is 0 Å². The minimum atomic E-state index is -3.09. The fourth-order valence-corrected chi connectivity index (χ4v) is 1.62. The predicted octanol–water partition coefficient (Wildman–Crippen LogP) is 3.69. The van der Waals surface area contributed by atoms with Crippen LogP contribution in [0.4, 0.5) is 0 Å². The molecule has 0 radical (unpaired) electrons. The van der Waals surface area contributed by atoms with E-state index in [9.17, 15) is 4.57 Å². The van der Waals surface area contributed by atoms with Crippen molar-refractivity contribution in [3.63, 3.8) is 0 Å². The van der Waals surface area contributed by atoms with Crippen LogP contribution < -0.4 is 0 Å². The van der Waals surface area contributed by atoms with Crippen molar-refractivity contribution in [1.82, 2.24) is 0 Å². The van der Waals surface area contributed by atoms with Crippen LogP contribution in [0.3, 0.4) is 0 Å². The van der Waals surface area contributed by atoms with E-state index in [4.69, 9.17) is 9.05 Å². The summed E-state index contributed by atoms with van der Waals surface area (Å²) < 4.78 is 21.3. The Morgan fingerprint density at radius 3 is 2.54 bits per heavy atom. The highest BCUT2D eigenvalue weighted by molar-refractivity contribution is 7.57. The van der Waals surface area contributed by atoms with Gasteiger partial charge in [-0.2, -0.15) is 0 Å². The van der Waals surface area contributed by atoms with Gasteiger partial charge in [0.05, 0.1) is 12.9 Å². The maximum Gasteiger partial charge on any atom is 0.402 e. The summed E-state index contributed by atoms with van der Waals surface area (Å²) in [5, 5.41) is 0. The molecule has 4 heteroatoms. The van der Waals surface area contributed by atoms with Crippen molar-refractivity contribution >= 4 is 7.60 Å². The van der Waals surface area contributed by atoms with Crippen molar-refractivity contribution in [2.75, 3.05) is 6.61 Å². The largest absolute Gasteiger partial charge is 0.430 e. The lowest BCUT2D eigenvalue weighted by Crippen LogP contribution is -1.92. The quantitative estimate of drug-likeness (QED) is 0.343. The molecule has 13 heavy (non-hydrogen) atoms. The van der Waals surface area contributed by atoms with Crippen molar-refractivity contribution in [2.45, 2.75) is 26.2 Å². The van der Waals surface area contributed by atoms with Gasteiger partial charge >= 0.3 is 7.60 Å². The Hall–Kier alpha value is -0.530. The molecule has 0 rings (SSSR count). The van der Waals surface area contributed by atoms with Gasteiger partial charge in [0.1, 0.15) is 0 Å². The van der Waals surface area contributed by atoms with Gasteiger partial charge in [-0.05, 0) is 6.42 Å². The zero-order chi connectivity index (χ0) is 10.2. The van der Waals surface area contributed by atoms with E-state index in [1.165, 1.54) is 5.82 Å². The van der Waals surface area contributed by atoms with Crippen molar-refractivity contribution in [1.29, 1.82) is 0 Å². The standard InChI is InChI=1S/C9H17O3P/c1-4-7-8-9-12-13(10,6-3)11-5-2/h5-6H,2-4,7-9H2,1H3. The molecule has 1 unspecified atom stereocenters. The van der Waals surface area contributed by atoms with Gasteiger partial charge in [0.2, 0.25) is 0 Å². The van der Waals surface area contributed by atoms with E-state index in [2.05, 4.69) is 20.1 Å². The van der Waals surface area contributed by atoms with Crippen molar-refractivity contribution in [2.24, 2.45) is 0 Å². The van der Waals surface area contributed by atoms with E-state index in [-0.39, 0.29) is 0 Å². The molecular weight excluding hydrogens is 187 g/mol. The molecule has 0 aliphatic rings. The smallest absolute Gasteiger partial charge is 0.402 e. The first kappa shape index (κ1) is 12.5. The summed E-state index contributed by atoms with van der Waals surface area (Å²) in [5.74, 6) is 1.20. The lowest BCUT2D eigenvalue weighted by Gasteiger charge is -2.12. The average Bonchev–Trinajstić information content (AvgIpc) is 2.13. The van der Waals surface area contributed by atoms with Gasteiger partial charge in [-0.25, -0.2) is 4.57 Å². The molecule has 0 fully saturated rings. The van der Waals surface area contributed by atoms with E-state index in [0.29, 0.717) is 6.61 Å². The first-order chi connectivity index (χ1) is 6.18. The van der Waals surface area contributed by atoms with E-state index in [1.807, 2.05) is 0 Å². The van der Waals surface area contributed by atoms with Gasteiger partial charge in [-0.1, -0.05) is 32.9 Å². The number of hydrogen-bond donors (Lipinski definition) is 0. The first-order valence-electron chi connectivity index (χ1n) is 4.35. The molecule has 0 aromatic carbocycles. The molecule has 0 heterocycles. The molecule has 0 aliphatic carbocycles. The van der Waals surface area contributed by atoms with Crippen LogP contribution in [0.25, 0.3) is 0 Å². The van der Waals surface area contributed by atoms with Crippen LogP contribution in [0.15, 0.2) is 25.2 Å². The van der Waals surface area contributed by atoms with E-state index in [1.54, 1.807) is 0 Å².